The van der Waals surface area contributed by atoms with Gasteiger partial charge in [0, 0.05) is 24.2 Å². The molecule has 0 aromatic heterocycles. The third-order valence-corrected chi connectivity index (χ3v) is 2.97. The molecule has 0 unspecified atom stereocenters. The zero-order chi connectivity index (χ0) is 10.8. The Bertz CT molecular complexity index is 345. The molecule has 1 aromatic rings. The minimum absolute atomic E-state index is 0.463. The lowest BCUT2D eigenvalue weighted by Gasteiger charge is -2.33. The van der Waals surface area contributed by atoms with Crippen molar-refractivity contribution in [1.29, 1.82) is 0 Å². The first-order valence-electron chi connectivity index (χ1n) is 5.32. The highest BCUT2D eigenvalue weighted by Crippen LogP contribution is 2.26. The minimum atomic E-state index is -0.520. The average Bonchev–Trinajstić information content (AvgIpc) is 2.13. The summed E-state index contributed by atoms with van der Waals surface area (Å²) in [7, 11) is 0. The zero-order valence-corrected chi connectivity index (χ0v) is 8.76. The van der Waals surface area contributed by atoms with Crippen LogP contribution in [0.4, 0.5) is 8.78 Å². The lowest BCUT2D eigenvalue weighted by atomic mass is 9.82. The van der Waals surface area contributed by atoms with Gasteiger partial charge in [0.05, 0.1) is 0 Å². The van der Waals surface area contributed by atoms with E-state index >= 15 is 0 Å². The Balaban J connectivity index is 1.88. The van der Waals surface area contributed by atoms with Crippen LogP contribution in [0.1, 0.15) is 25.3 Å². The molecule has 1 N–H and O–H groups in total. The number of halogens is 2. The van der Waals surface area contributed by atoms with E-state index < -0.39 is 11.6 Å². The molecule has 1 fully saturated rings. The molecule has 0 saturated heterocycles. The van der Waals surface area contributed by atoms with Crippen molar-refractivity contribution >= 4 is 0 Å². The average molecular weight is 211 g/mol. The monoisotopic (exact) mass is 211 g/mol. The van der Waals surface area contributed by atoms with Gasteiger partial charge in [-0.25, -0.2) is 8.78 Å². The van der Waals surface area contributed by atoms with Crippen LogP contribution in [0.2, 0.25) is 0 Å². The SMILES string of the molecule is CC1CC(NCc2ccc(F)cc2F)C1. The second-order valence-electron chi connectivity index (χ2n) is 4.39. The van der Waals surface area contributed by atoms with E-state index in [4.69, 9.17) is 0 Å². The highest BCUT2D eigenvalue weighted by atomic mass is 19.1. The second kappa shape index (κ2) is 4.27. The summed E-state index contributed by atoms with van der Waals surface area (Å²) in [6.45, 7) is 2.69. The molecule has 0 heterocycles. The van der Waals surface area contributed by atoms with E-state index in [9.17, 15) is 8.78 Å². The first-order valence-corrected chi connectivity index (χ1v) is 5.32. The van der Waals surface area contributed by atoms with Crippen LogP contribution in [0.3, 0.4) is 0 Å². The van der Waals surface area contributed by atoms with Crippen LogP contribution in [0, 0.1) is 17.6 Å². The highest BCUT2D eigenvalue weighted by Gasteiger charge is 2.24. The van der Waals surface area contributed by atoms with Crippen LogP contribution in [0.25, 0.3) is 0 Å². The maximum atomic E-state index is 13.2. The molecule has 0 radical (unpaired) electrons. The Labute approximate surface area is 88.5 Å². The summed E-state index contributed by atoms with van der Waals surface area (Å²) in [5.41, 5.74) is 0.538. The molecule has 0 atom stereocenters. The van der Waals surface area contributed by atoms with Gasteiger partial charge in [0.2, 0.25) is 0 Å². The van der Waals surface area contributed by atoms with Gasteiger partial charge in [0.25, 0.3) is 0 Å². The number of nitrogens with one attached hydrogen (secondary N) is 1. The quantitative estimate of drug-likeness (QED) is 0.810. The first-order chi connectivity index (χ1) is 7.15. The number of rotatable bonds is 3. The number of hydrogen-bond acceptors (Lipinski definition) is 1. The molecule has 1 saturated carbocycles. The standard InChI is InChI=1S/C12H15F2N/c1-8-4-11(5-8)15-7-9-2-3-10(13)6-12(9)14/h2-3,6,8,11,15H,4-5,7H2,1H3. The summed E-state index contributed by atoms with van der Waals surface area (Å²) in [5.74, 6) is -0.205. The van der Waals surface area contributed by atoms with E-state index in [1.54, 1.807) is 0 Å². The van der Waals surface area contributed by atoms with E-state index in [1.807, 2.05) is 0 Å². The van der Waals surface area contributed by atoms with Crippen molar-refractivity contribution in [3.8, 4) is 0 Å². The van der Waals surface area contributed by atoms with Crippen molar-refractivity contribution in [2.24, 2.45) is 5.92 Å². The van der Waals surface area contributed by atoms with Gasteiger partial charge < -0.3 is 5.32 Å². The van der Waals surface area contributed by atoms with Crippen molar-refractivity contribution in [2.75, 3.05) is 0 Å². The fraction of sp³-hybridized carbons (Fsp3) is 0.500. The molecule has 0 bridgehead atoms. The molecule has 0 spiro atoms. The fourth-order valence-electron chi connectivity index (χ4n) is 1.99. The van der Waals surface area contributed by atoms with Gasteiger partial charge in [-0.15, -0.1) is 0 Å². The van der Waals surface area contributed by atoms with Crippen molar-refractivity contribution in [2.45, 2.75) is 32.4 Å². The molecule has 0 amide bonds. The molecule has 3 heteroatoms. The topological polar surface area (TPSA) is 12.0 Å². The first kappa shape index (κ1) is 10.6. The van der Waals surface area contributed by atoms with E-state index in [2.05, 4.69) is 12.2 Å². The van der Waals surface area contributed by atoms with Gasteiger partial charge in [-0.1, -0.05) is 13.0 Å². The normalized spacial score (nSPS) is 25.0. The number of hydrogen-bond donors (Lipinski definition) is 1. The van der Waals surface area contributed by atoms with Crippen LogP contribution in [-0.2, 0) is 6.54 Å². The Morgan fingerprint density at radius 2 is 2.07 bits per heavy atom. The van der Waals surface area contributed by atoms with E-state index in [0.29, 0.717) is 18.2 Å². The Morgan fingerprint density at radius 3 is 2.67 bits per heavy atom. The third kappa shape index (κ3) is 2.53. The highest BCUT2D eigenvalue weighted by molar-refractivity contribution is 5.18. The maximum Gasteiger partial charge on any atom is 0.130 e. The lowest BCUT2D eigenvalue weighted by molar-refractivity contribution is 0.239. The van der Waals surface area contributed by atoms with Crippen molar-refractivity contribution in [1.82, 2.24) is 5.32 Å². The maximum absolute atomic E-state index is 13.2. The Morgan fingerprint density at radius 1 is 1.33 bits per heavy atom. The van der Waals surface area contributed by atoms with Gasteiger partial charge in [-0.05, 0) is 24.8 Å². The summed E-state index contributed by atoms with van der Waals surface area (Å²) >= 11 is 0. The molecule has 1 aliphatic rings. The summed E-state index contributed by atoms with van der Waals surface area (Å²) in [6.07, 6.45) is 2.31. The molecular formula is C12H15F2N. The number of benzene rings is 1. The van der Waals surface area contributed by atoms with E-state index in [-0.39, 0.29) is 0 Å². The van der Waals surface area contributed by atoms with Crippen molar-refractivity contribution in [3.05, 3.63) is 35.4 Å². The lowest BCUT2D eigenvalue weighted by Crippen LogP contribution is -2.39. The smallest absolute Gasteiger partial charge is 0.130 e. The van der Waals surface area contributed by atoms with Gasteiger partial charge in [0.1, 0.15) is 11.6 Å². The van der Waals surface area contributed by atoms with E-state index in [0.717, 1.165) is 24.8 Å². The van der Waals surface area contributed by atoms with E-state index in [1.165, 1.54) is 12.1 Å². The molecule has 2 rings (SSSR count). The summed E-state index contributed by atoms with van der Waals surface area (Å²) in [6, 6.07) is 4.23. The van der Waals surface area contributed by atoms with Crippen molar-refractivity contribution in [3.63, 3.8) is 0 Å². The van der Waals surface area contributed by atoms with Gasteiger partial charge in [-0.3, -0.25) is 0 Å². The van der Waals surface area contributed by atoms with Gasteiger partial charge in [-0.2, -0.15) is 0 Å². The summed E-state index contributed by atoms with van der Waals surface area (Å²) in [5, 5.41) is 3.26. The van der Waals surface area contributed by atoms with Crippen LogP contribution in [0.15, 0.2) is 18.2 Å². The van der Waals surface area contributed by atoms with Crippen LogP contribution >= 0.6 is 0 Å². The predicted molar refractivity (Wildman–Crippen MR) is 55.4 cm³/mol. The largest absolute Gasteiger partial charge is 0.310 e. The van der Waals surface area contributed by atoms with Crippen LogP contribution in [0.5, 0.6) is 0 Å². The molecule has 0 aliphatic heterocycles. The molecule has 82 valence electrons. The third-order valence-electron chi connectivity index (χ3n) is 2.97. The molecule has 1 aliphatic carbocycles. The molecule has 1 aromatic carbocycles. The Hall–Kier alpha value is -0.960. The van der Waals surface area contributed by atoms with Crippen molar-refractivity contribution < 1.29 is 8.78 Å². The van der Waals surface area contributed by atoms with Crippen LogP contribution in [-0.4, -0.2) is 6.04 Å². The second-order valence-corrected chi connectivity index (χ2v) is 4.39. The predicted octanol–water partition coefficient (Wildman–Crippen LogP) is 2.85. The Kier molecular flexibility index (Phi) is 3.00. The van der Waals surface area contributed by atoms with Gasteiger partial charge in [0.15, 0.2) is 0 Å². The minimum Gasteiger partial charge on any atom is -0.310 e. The fourth-order valence-corrected chi connectivity index (χ4v) is 1.99. The molecule has 15 heavy (non-hydrogen) atoms. The van der Waals surface area contributed by atoms with Crippen LogP contribution < -0.4 is 5.32 Å². The molecule has 1 nitrogen and oxygen atoms in total. The summed E-state index contributed by atoms with van der Waals surface area (Å²) in [4.78, 5) is 0. The van der Waals surface area contributed by atoms with Gasteiger partial charge >= 0.3 is 0 Å². The zero-order valence-electron chi connectivity index (χ0n) is 8.76. The summed E-state index contributed by atoms with van der Waals surface area (Å²) < 4.78 is 25.8. The molecular weight excluding hydrogens is 196 g/mol.